The fourth-order valence-electron chi connectivity index (χ4n) is 2.23. The number of H-pyrrole nitrogens is 1. The summed E-state index contributed by atoms with van der Waals surface area (Å²) in [6, 6.07) is 7.22. The quantitative estimate of drug-likeness (QED) is 0.450. The predicted octanol–water partition coefficient (Wildman–Crippen LogP) is 2.46. The molecular formula is C15H12N2O3. The number of ether oxygens (including phenoxy) is 1. The van der Waals surface area contributed by atoms with Crippen molar-refractivity contribution in [3.63, 3.8) is 0 Å². The normalized spacial score (nSPS) is 10.8. The number of carbonyl (C=O) groups excluding carboxylic acids is 2. The number of hydrogen-bond acceptors (Lipinski definition) is 4. The number of fused-ring (bicyclic) bond motifs is 3. The van der Waals surface area contributed by atoms with Crippen LogP contribution in [0.1, 0.15) is 16.8 Å². The van der Waals surface area contributed by atoms with Crippen molar-refractivity contribution >= 4 is 33.6 Å². The Morgan fingerprint density at radius 3 is 2.85 bits per heavy atom. The SMILES string of the molecule is COC(=O)CC(=O)c1ccc2[nH]c3cnccc3c2c1. The van der Waals surface area contributed by atoms with Crippen molar-refractivity contribution in [2.45, 2.75) is 6.42 Å². The summed E-state index contributed by atoms with van der Waals surface area (Å²) in [6.07, 6.45) is 3.20. The number of hydrogen-bond donors (Lipinski definition) is 1. The first kappa shape index (κ1) is 12.3. The van der Waals surface area contributed by atoms with Crippen LogP contribution in [-0.4, -0.2) is 28.8 Å². The molecule has 0 saturated carbocycles. The Morgan fingerprint density at radius 1 is 1.20 bits per heavy atom. The van der Waals surface area contributed by atoms with Gasteiger partial charge in [0, 0.05) is 28.0 Å². The number of nitrogens with zero attached hydrogens (tertiary/aromatic N) is 1. The van der Waals surface area contributed by atoms with Gasteiger partial charge in [-0.2, -0.15) is 0 Å². The third kappa shape index (κ3) is 2.03. The van der Waals surface area contributed by atoms with E-state index in [0.717, 1.165) is 21.8 Å². The van der Waals surface area contributed by atoms with Gasteiger partial charge in [0.1, 0.15) is 6.42 Å². The van der Waals surface area contributed by atoms with Gasteiger partial charge >= 0.3 is 5.97 Å². The smallest absolute Gasteiger partial charge is 0.313 e. The number of benzene rings is 1. The highest BCUT2D eigenvalue weighted by Gasteiger charge is 2.13. The van der Waals surface area contributed by atoms with Crippen molar-refractivity contribution in [2.75, 3.05) is 7.11 Å². The Labute approximate surface area is 114 Å². The van der Waals surface area contributed by atoms with Crippen molar-refractivity contribution in [2.24, 2.45) is 0 Å². The standard InChI is InChI=1S/C15H12N2O3/c1-20-15(19)7-14(18)9-2-3-12-11(6-9)10-4-5-16-8-13(10)17-12/h2-6,8,17H,7H2,1H3. The fraction of sp³-hybridized carbons (Fsp3) is 0.133. The van der Waals surface area contributed by atoms with E-state index in [4.69, 9.17) is 0 Å². The van der Waals surface area contributed by atoms with E-state index in [-0.39, 0.29) is 12.2 Å². The fourth-order valence-corrected chi connectivity index (χ4v) is 2.23. The predicted molar refractivity (Wildman–Crippen MR) is 74.6 cm³/mol. The average Bonchev–Trinajstić information content (AvgIpc) is 2.84. The average molecular weight is 268 g/mol. The van der Waals surface area contributed by atoms with Gasteiger partial charge in [0.2, 0.25) is 0 Å². The van der Waals surface area contributed by atoms with Gasteiger partial charge in [-0.1, -0.05) is 0 Å². The number of esters is 1. The first-order chi connectivity index (χ1) is 9.69. The van der Waals surface area contributed by atoms with Crippen LogP contribution in [0.4, 0.5) is 0 Å². The molecule has 0 aliphatic heterocycles. The molecule has 0 bridgehead atoms. The van der Waals surface area contributed by atoms with Crippen LogP contribution >= 0.6 is 0 Å². The van der Waals surface area contributed by atoms with Crippen LogP contribution in [0.25, 0.3) is 21.8 Å². The second kappa shape index (κ2) is 4.77. The van der Waals surface area contributed by atoms with Crippen LogP contribution in [0.2, 0.25) is 0 Å². The van der Waals surface area contributed by atoms with Gasteiger partial charge in [-0.15, -0.1) is 0 Å². The maximum absolute atomic E-state index is 12.0. The Bertz CT molecular complexity index is 820. The molecule has 0 amide bonds. The third-order valence-electron chi connectivity index (χ3n) is 3.25. The second-order valence-corrected chi connectivity index (χ2v) is 4.48. The molecule has 3 rings (SSSR count). The largest absolute Gasteiger partial charge is 0.469 e. The monoisotopic (exact) mass is 268 g/mol. The second-order valence-electron chi connectivity index (χ2n) is 4.48. The van der Waals surface area contributed by atoms with Gasteiger partial charge in [0.25, 0.3) is 0 Å². The highest BCUT2D eigenvalue weighted by Crippen LogP contribution is 2.25. The summed E-state index contributed by atoms with van der Waals surface area (Å²) in [5.41, 5.74) is 2.35. The molecule has 0 aliphatic rings. The molecule has 0 fully saturated rings. The molecule has 3 aromatic rings. The number of rotatable bonds is 3. The van der Waals surface area contributed by atoms with Crippen molar-refractivity contribution in [1.29, 1.82) is 0 Å². The lowest BCUT2D eigenvalue weighted by Crippen LogP contribution is -2.09. The molecule has 1 N–H and O–H groups in total. The third-order valence-corrected chi connectivity index (χ3v) is 3.25. The lowest BCUT2D eigenvalue weighted by atomic mass is 10.0. The van der Waals surface area contributed by atoms with Crippen LogP contribution in [-0.2, 0) is 9.53 Å². The zero-order chi connectivity index (χ0) is 14.1. The summed E-state index contributed by atoms with van der Waals surface area (Å²) >= 11 is 0. The van der Waals surface area contributed by atoms with Crippen molar-refractivity contribution in [1.82, 2.24) is 9.97 Å². The molecule has 5 nitrogen and oxygen atoms in total. The van der Waals surface area contributed by atoms with E-state index < -0.39 is 5.97 Å². The van der Waals surface area contributed by atoms with E-state index in [1.807, 2.05) is 12.1 Å². The van der Waals surface area contributed by atoms with Gasteiger partial charge in [-0.25, -0.2) is 0 Å². The molecule has 100 valence electrons. The molecule has 0 atom stereocenters. The van der Waals surface area contributed by atoms with E-state index >= 15 is 0 Å². The summed E-state index contributed by atoms with van der Waals surface area (Å²) in [5.74, 6) is -0.777. The van der Waals surface area contributed by atoms with E-state index in [9.17, 15) is 9.59 Å². The summed E-state index contributed by atoms with van der Waals surface area (Å²) in [5, 5.41) is 1.95. The Balaban J connectivity index is 2.07. The number of carbonyl (C=O) groups is 2. The number of aromatic amines is 1. The van der Waals surface area contributed by atoms with Crippen molar-refractivity contribution in [3.8, 4) is 0 Å². The van der Waals surface area contributed by atoms with E-state index in [1.165, 1.54) is 7.11 Å². The molecule has 0 saturated heterocycles. The van der Waals surface area contributed by atoms with Crippen LogP contribution < -0.4 is 0 Å². The zero-order valence-corrected chi connectivity index (χ0v) is 10.8. The highest BCUT2D eigenvalue weighted by molar-refractivity contribution is 6.12. The molecule has 0 spiro atoms. The number of pyridine rings is 1. The Hall–Kier alpha value is -2.69. The van der Waals surface area contributed by atoms with E-state index in [1.54, 1.807) is 24.5 Å². The first-order valence-corrected chi connectivity index (χ1v) is 6.14. The molecule has 0 aliphatic carbocycles. The first-order valence-electron chi connectivity index (χ1n) is 6.14. The molecule has 2 aromatic heterocycles. The lowest BCUT2D eigenvalue weighted by molar-refractivity contribution is -0.139. The Kier molecular flexibility index (Phi) is 2.95. The summed E-state index contributed by atoms with van der Waals surface area (Å²) in [4.78, 5) is 30.4. The Morgan fingerprint density at radius 2 is 2.05 bits per heavy atom. The van der Waals surface area contributed by atoms with Gasteiger partial charge in [0.15, 0.2) is 5.78 Å². The van der Waals surface area contributed by atoms with Gasteiger partial charge < -0.3 is 9.72 Å². The van der Waals surface area contributed by atoms with Crippen LogP contribution in [0.3, 0.4) is 0 Å². The van der Waals surface area contributed by atoms with Crippen molar-refractivity contribution < 1.29 is 14.3 Å². The molecule has 20 heavy (non-hydrogen) atoms. The molecule has 5 heteroatoms. The molecule has 1 aromatic carbocycles. The maximum Gasteiger partial charge on any atom is 0.313 e. The van der Waals surface area contributed by atoms with Crippen molar-refractivity contribution in [3.05, 3.63) is 42.2 Å². The summed E-state index contributed by atoms with van der Waals surface area (Å²) < 4.78 is 4.51. The minimum atomic E-state index is -0.529. The molecular weight excluding hydrogens is 256 g/mol. The maximum atomic E-state index is 12.0. The van der Waals surface area contributed by atoms with Gasteiger partial charge in [-0.3, -0.25) is 14.6 Å². The van der Waals surface area contributed by atoms with E-state index in [2.05, 4.69) is 14.7 Å². The molecule has 0 unspecified atom stereocenters. The number of aromatic nitrogens is 2. The molecule has 2 heterocycles. The zero-order valence-electron chi connectivity index (χ0n) is 10.8. The number of nitrogens with one attached hydrogen (secondary N) is 1. The summed E-state index contributed by atoms with van der Waals surface area (Å²) in [7, 11) is 1.27. The molecule has 0 radical (unpaired) electrons. The minimum absolute atomic E-state index is 0.244. The number of ketones is 1. The van der Waals surface area contributed by atoms with Gasteiger partial charge in [0.05, 0.1) is 18.8 Å². The topological polar surface area (TPSA) is 72.1 Å². The minimum Gasteiger partial charge on any atom is -0.469 e. The highest BCUT2D eigenvalue weighted by atomic mass is 16.5. The van der Waals surface area contributed by atoms with E-state index in [0.29, 0.717) is 5.56 Å². The van der Waals surface area contributed by atoms with Crippen LogP contribution in [0.15, 0.2) is 36.7 Å². The van der Waals surface area contributed by atoms with Crippen LogP contribution in [0, 0.1) is 0 Å². The summed E-state index contributed by atoms with van der Waals surface area (Å²) in [6.45, 7) is 0. The number of Topliss-reactive ketones (excluding diaryl/α,β-unsaturated/α-hetero) is 1. The van der Waals surface area contributed by atoms with Crippen LogP contribution in [0.5, 0.6) is 0 Å². The van der Waals surface area contributed by atoms with Gasteiger partial charge in [-0.05, 0) is 24.3 Å². The number of methoxy groups -OCH3 is 1. The lowest BCUT2D eigenvalue weighted by Gasteiger charge is -2.00.